The maximum Gasteiger partial charge on any atom is 0.239 e. The number of hydrogen-bond acceptors (Lipinski definition) is 7. The normalized spacial score (nSPS) is 11.0. The second-order valence-electron chi connectivity index (χ2n) is 6.09. The molecular weight excluding hydrogens is 406 g/mol. The molecule has 1 N–H and O–H groups in total. The van der Waals surface area contributed by atoms with E-state index in [2.05, 4.69) is 20.2 Å². The Labute approximate surface area is 176 Å². The smallest absolute Gasteiger partial charge is 0.239 e. The molecule has 0 aliphatic heterocycles. The Morgan fingerprint density at radius 3 is 2.69 bits per heavy atom. The summed E-state index contributed by atoms with van der Waals surface area (Å²) in [6.07, 6.45) is 0. The first-order valence-electron chi connectivity index (χ1n) is 9.03. The van der Waals surface area contributed by atoms with Crippen molar-refractivity contribution in [2.45, 2.75) is 12.1 Å². The second-order valence-corrected chi connectivity index (χ2v) is 8.04. The number of methoxy groups -OCH3 is 1. The van der Waals surface area contributed by atoms with Gasteiger partial charge in [-0.3, -0.25) is 14.8 Å². The number of aromatic nitrogens is 4. The molecule has 0 fully saturated rings. The summed E-state index contributed by atoms with van der Waals surface area (Å²) >= 11 is 2.83. The van der Waals surface area contributed by atoms with Gasteiger partial charge in [-0.2, -0.15) is 0 Å². The molecule has 0 aliphatic carbocycles. The van der Waals surface area contributed by atoms with Gasteiger partial charge in [0, 0.05) is 12.1 Å². The zero-order valence-electron chi connectivity index (χ0n) is 16.0. The number of rotatable bonds is 7. The zero-order chi connectivity index (χ0) is 20.2. The van der Waals surface area contributed by atoms with Crippen molar-refractivity contribution >= 4 is 44.4 Å². The van der Waals surface area contributed by atoms with Gasteiger partial charge in [0.15, 0.2) is 11.0 Å². The first-order valence-corrected chi connectivity index (χ1v) is 10.8. The summed E-state index contributed by atoms with van der Waals surface area (Å²) in [5, 5.41) is 8.38. The number of fused-ring (bicyclic) bond motifs is 1. The first-order chi connectivity index (χ1) is 14.2. The Morgan fingerprint density at radius 1 is 1.17 bits per heavy atom. The number of aromatic amines is 1. The number of amides is 1. The molecule has 4 rings (SSSR count). The molecule has 2 aromatic carbocycles. The Morgan fingerprint density at radius 2 is 1.97 bits per heavy atom. The standard InChI is InChI=1S/C20H19N5O2S2/c1-3-25(20-21-15-6-4-5-7-16(15)29-20)17(26)12-28-19-22-18(23-24-19)13-8-10-14(27-2)11-9-13/h4-11H,3,12H2,1-2H3,(H,22,23,24). The number of H-pyrrole nitrogens is 1. The molecule has 4 aromatic rings. The van der Waals surface area contributed by atoms with Gasteiger partial charge in [0.25, 0.3) is 0 Å². The lowest BCUT2D eigenvalue weighted by atomic mass is 10.2. The molecule has 1 amide bonds. The van der Waals surface area contributed by atoms with Crippen LogP contribution in [0.4, 0.5) is 5.13 Å². The van der Waals surface area contributed by atoms with Crippen LogP contribution < -0.4 is 9.64 Å². The number of thioether (sulfide) groups is 1. The fourth-order valence-electron chi connectivity index (χ4n) is 2.79. The van der Waals surface area contributed by atoms with Gasteiger partial charge in [-0.05, 0) is 43.3 Å². The molecule has 2 heterocycles. The third kappa shape index (κ3) is 4.25. The summed E-state index contributed by atoms with van der Waals surface area (Å²) in [6, 6.07) is 15.4. The van der Waals surface area contributed by atoms with E-state index in [1.165, 1.54) is 23.1 Å². The molecule has 0 saturated carbocycles. The summed E-state index contributed by atoms with van der Waals surface area (Å²) in [4.78, 5) is 23.5. The van der Waals surface area contributed by atoms with Crippen molar-refractivity contribution in [3.05, 3.63) is 48.5 Å². The molecule has 0 spiro atoms. The van der Waals surface area contributed by atoms with Crippen LogP contribution in [0.15, 0.2) is 53.7 Å². The van der Waals surface area contributed by atoms with Crippen LogP contribution in [0.5, 0.6) is 5.75 Å². The van der Waals surface area contributed by atoms with Gasteiger partial charge in [0.2, 0.25) is 11.1 Å². The quantitative estimate of drug-likeness (QED) is 0.446. The van der Waals surface area contributed by atoms with Crippen molar-refractivity contribution in [3.63, 3.8) is 0 Å². The Kier molecular flexibility index (Phi) is 5.77. The van der Waals surface area contributed by atoms with Gasteiger partial charge >= 0.3 is 0 Å². The van der Waals surface area contributed by atoms with Gasteiger partial charge in [0.1, 0.15) is 5.75 Å². The van der Waals surface area contributed by atoms with E-state index in [-0.39, 0.29) is 11.7 Å². The maximum absolute atomic E-state index is 12.8. The molecule has 7 nitrogen and oxygen atoms in total. The predicted octanol–water partition coefficient (Wildman–Crippen LogP) is 4.24. The van der Waals surface area contributed by atoms with E-state index in [9.17, 15) is 4.79 Å². The molecule has 29 heavy (non-hydrogen) atoms. The van der Waals surface area contributed by atoms with Crippen molar-refractivity contribution in [2.24, 2.45) is 0 Å². The van der Waals surface area contributed by atoms with E-state index in [1.807, 2.05) is 55.5 Å². The minimum atomic E-state index is -0.0210. The highest BCUT2D eigenvalue weighted by Crippen LogP contribution is 2.29. The third-order valence-corrected chi connectivity index (χ3v) is 6.18. The Hall–Kier alpha value is -2.91. The van der Waals surface area contributed by atoms with Gasteiger partial charge in [0.05, 0.1) is 23.1 Å². The average Bonchev–Trinajstić information content (AvgIpc) is 3.40. The topological polar surface area (TPSA) is 84.0 Å². The summed E-state index contributed by atoms with van der Waals surface area (Å²) in [5.74, 6) is 1.65. The van der Waals surface area contributed by atoms with Crippen molar-refractivity contribution in [1.82, 2.24) is 20.2 Å². The number of carbonyl (C=O) groups excluding carboxylic acids is 1. The Balaban J connectivity index is 1.42. The van der Waals surface area contributed by atoms with E-state index < -0.39 is 0 Å². The number of hydrogen-bond donors (Lipinski definition) is 1. The monoisotopic (exact) mass is 425 g/mol. The van der Waals surface area contributed by atoms with Crippen LogP contribution in [-0.2, 0) is 4.79 Å². The number of nitrogens with zero attached hydrogens (tertiary/aromatic N) is 4. The van der Waals surface area contributed by atoms with Crippen molar-refractivity contribution < 1.29 is 9.53 Å². The molecule has 148 valence electrons. The summed E-state index contributed by atoms with van der Waals surface area (Å²) in [6.45, 7) is 2.51. The van der Waals surface area contributed by atoms with E-state index in [4.69, 9.17) is 4.74 Å². The second kappa shape index (κ2) is 8.62. The predicted molar refractivity (Wildman–Crippen MR) is 117 cm³/mol. The fourth-order valence-corrected chi connectivity index (χ4v) is 4.51. The van der Waals surface area contributed by atoms with Gasteiger partial charge in [-0.25, -0.2) is 9.97 Å². The molecule has 0 aliphatic rings. The van der Waals surface area contributed by atoms with Crippen LogP contribution >= 0.6 is 23.1 Å². The van der Waals surface area contributed by atoms with Crippen LogP contribution in [0.25, 0.3) is 21.6 Å². The van der Waals surface area contributed by atoms with E-state index in [0.717, 1.165) is 21.5 Å². The van der Waals surface area contributed by atoms with Crippen LogP contribution in [-0.4, -0.2) is 45.5 Å². The first kappa shape index (κ1) is 19.4. The molecule has 9 heteroatoms. The minimum Gasteiger partial charge on any atom is -0.497 e. The van der Waals surface area contributed by atoms with Gasteiger partial charge in [-0.15, -0.1) is 5.10 Å². The number of benzene rings is 2. The zero-order valence-corrected chi connectivity index (χ0v) is 17.6. The summed E-state index contributed by atoms with van der Waals surface area (Å²) in [5.41, 5.74) is 1.81. The van der Waals surface area contributed by atoms with Gasteiger partial charge in [-0.1, -0.05) is 35.2 Å². The van der Waals surface area contributed by atoms with Crippen molar-refractivity contribution in [2.75, 3.05) is 24.3 Å². The lowest BCUT2D eigenvalue weighted by molar-refractivity contribution is -0.116. The minimum absolute atomic E-state index is 0.0210. The average molecular weight is 426 g/mol. The lowest BCUT2D eigenvalue weighted by Crippen LogP contribution is -2.32. The summed E-state index contributed by atoms with van der Waals surface area (Å²) in [7, 11) is 1.63. The third-order valence-electron chi connectivity index (χ3n) is 4.28. The SMILES string of the molecule is CCN(C(=O)CSc1n[nH]c(-c2ccc(OC)cc2)n1)c1nc2ccccc2s1. The molecule has 0 unspecified atom stereocenters. The van der Waals surface area contributed by atoms with Crippen LogP contribution in [0, 0.1) is 0 Å². The molecule has 2 aromatic heterocycles. The van der Waals surface area contributed by atoms with E-state index in [1.54, 1.807) is 12.0 Å². The molecule has 0 atom stereocenters. The number of ether oxygens (including phenoxy) is 1. The van der Waals surface area contributed by atoms with E-state index >= 15 is 0 Å². The van der Waals surface area contributed by atoms with Gasteiger partial charge < -0.3 is 4.74 Å². The highest BCUT2D eigenvalue weighted by molar-refractivity contribution is 7.99. The largest absolute Gasteiger partial charge is 0.497 e. The summed E-state index contributed by atoms with van der Waals surface area (Å²) < 4.78 is 6.24. The van der Waals surface area contributed by atoms with Crippen LogP contribution in [0.1, 0.15) is 6.92 Å². The highest BCUT2D eigenvalue weighted by atomic mass is 32.2. The molecular formula is C20H19N5O2S2. The number of anilines is 1. The molecule has 0 saturated heterocycles. The molecule has 0 bridgehead atoms. The fraction of sp³-hybridized carbons (Fsp3) is 0.200. The number of thiazole rings is 1. The number of carbonyl (C=O) groups is 1. The van der Waals surface area contributed by atoms with Crippen molar-refractivity contribution in [3.8, 4) is 17.1 Å². The van der Waals surface area contributed by atoms with Crippen LogP contribution in [0.2, 0.25) is 0 Å². The van der Waals surface area contributed by atoms with Crippen molar-refractivity contribution in [1.29, 1.82) is 0 Å². The van der Waals surface area contributed by atoms with Crippen LogP contribution in [0.3, 0.4) is 0 Å². The molecule has 0 radical (unpaired) electrons. The lowest BCUT2D eigenvalue weighted by Gasteiger charge is -2.16. The number of nitrogens with one attached hydrogen (secondary N) is 1. The number of para-hydroxylation sites is 1. The Bertz CT molecular complexity index is 1090. The maximum atomic E-state index is 12.8. The van der Waals surface area contributed by atoms with E-state index in [0.29, 0.717) is 22.7 Å². The highest BCUT2D eigenvalue weighted by Gasteiger charge is 2.19.